The zero-order chi connectivity index (χ0) is 9.68. The summed E-state index contributed by atoms with van der Waals surface area (Å²) in [5, 5.41) is 17.0. The second kappa shape index (κ2) is 4.02. The number of carboxylic acid groups (broad SMARTS) is 1. The zero-order valence-electron chi connectivity index (χ0n) is 6.64. The van der Waals surface area contributed by atoms with Gasteiger partial charge in [-0.15, -0.1) is 0 Å². The standard InChI is InChI=1S/C9H6N2O2/c10-5-4-7(9(12)13)8-3-1-2-6-11-8/h1-4,6H,(H,12,13). The van der Waals surface area contributed by atoms with Crippen LogP contribution in [0.25, 0.3) is 5.57 Å². The number of aromatic nitrogens is 1. The Morgan fingerprint density at radius 3 is 2.85 bits per heavy atom. The van der Waals surface area contributed by atoms with E-state index < -0.39 is 5.97 Å². The van der Waals surface area contributed by atoms with Crippen molar-refractivity contribution in [3.63, 3.8) is 0 Å². The average molecular weight is 174 g/mol. The summed E-state index contributed by atoms with van der Waals surface area (Å²) in [6.45, 7) is 0. The van der Waals surface area contributed by atoms with Gasteiger partial charge in [0.2, 0.25) is 0 Å². The molecule has 0 aromatic carbocycles. The van der Waals surface area contributed by atoms with Crippen LogP contribution in [-0.2, 0) is 4.79 Å². The van der Waals surface area contributed by atoms with Crippen LogP contribution in [0, 0.1) is 11.3 Å². The van der Waals surface area contributed by atoms with Crippen LogP contribution in [0.15, 0.2) is 30.5 Å². The van der Waals surface area contributed by atoms with Crippen molar-refractivity contribution in [3.8, 4) is 6.07 Å². The second-order valence-electron chi connectivity index (χ2n) is 2.21. The topological polar surface area (TPSA) is 74.0 Å². The van der Waals surface area contributed by atoms with E-state index in [-0.39, 0.29) is 11.3 Å². The molecule has 64 valence electrons. The van der Waals surface area contributed by atoms with Crippen molar-refractivity contribution in [1.29, 1.82) is 5.26 Å². The lowest BCUT2D eigenvalue weighted by molar-refractivity contribution is -0.130. The molecular weight excluding hydrogens is 168 g/mol. The van der Waals surface area contributed by atoms with Gasteiger partial charge in [-0.3, -0.25) is 4.98 Å². The molecule has 1 N–H and O–H groups in total. The van der Waals surface area contributed by atoms with Gasteiger partial charge in [0.15, 0.2) is 0 Å². The van der Waals surface area contributed by atoms with Gasteiger partial charge in [0, 0.05) is 12.3 Å². The Balaban J connectivity index is 3.13. The van der Waals surface area contributed by atoms with Gasteiger partial charge < -0.3 is 5.11 Å². The van der Waals surface area contributed by atoms with Gasteiger partial charge in [-0.1, -0.05) is 6.07 Å². The number of allylic oxidation sites excluding steroid dienone is 1. The number of carbonyl (C=O) groups is 1. The van der Waals surface area contributed by atoms with Gasteiger partial charge in [0.25, 0.3) is 0 Å². The SMILES string of the molecule is N#CC=C(C(=O)O)c1ccccn1. The quantitative estimate of drug-likeness (QED) is 0.537. The van der Waals surface area contributed by atoms with E-state index in [1.807, 2.05) is 0 Å². The number of hydrogen-bond acceptors (Lipinski definition) is 3. The molecule has 0 aliphatic carbocycles. The molecule has 13 heavy (non-hydrogen) atoms. The largest absolute Gasteiger partial charge is 0.478 e. The predicted octanol–water partition coefficient (Wildman–Crippen LogP) is 1.07. The molecule has 1 heterocycles. The first-order valence-corrected chi connectivity index (χ1v) is 3.50. The molecule has 1 aromatic rings. The molecule has 4 heteroatoms. The van der Waals surface area contributed by atoms with Crippen molar-refractivity contribution in [2.24, 2.45) is 0 Å². The van der Waals surface area contributed by atoms with Gasteiger partial charge in [0.1, 0.15) is 0 Å². The number of carboxylic acids is 1. The summed E-state index contributed by atoms with van der Waals surface area (Å²) in [6, 6.07) is 6.54. The summed E-state index contributed by atoms with van der Waals surface area (Å²) in [5.74, 6) is -1.15. The molecule has 0 radical (unpaired) electrons. The molecule has 0 bridgehead atoms. The fraction of sp³-hybridized carbons (Fsp3) is 0. The summed E-state index contributed by atoms with van der Waals surface area (Å²) in [5.41, 5.74) is 0.194. The van der Waals surface area contributed by atoms with Gasteiger partial charge in [-0.05, 0) is 12.1 Å². The van der Waals surface area contributed by atoms with E-state index in [1.54, 1.807) is 18.2 Å². The molecule has 0 atom stereocenters. The van der Waals surface area contributed by atoms with Gasteiger partial charge >= 0.3 is 5.97 Å². The smallest absolute Gasteiger partial charge is 0.338 e. The Labute approximate surface area is 74.8 Å². The van der Waals surface area contributed by atoms with Crippen molar-refractivity contribution in [2.75, 3.05) is 0 Å². The normalized spacial score (nSPS) is 10.5. The summed E-state index contributed by atoms with van der Waals surface area (Å²) in [6.07, 6.45) is 2.44. The minimum Gasteiger partial charge on any atom is -0.478 e. The molecule has 0 unspecified atom stereocenters. The lowest BCUT2D eigenvalue weighted by Crippen LogP contribution is -2.00. The third-order valence-electron chi connectivity index (χ3n) is 1.38. The lowest BCUT2D eigenvalue weighted by Gasteiger charge is -1.97. The van der Waals surface area contributed by atoms with E-state index >= 15 is 0 Å². The summed E-state index contributed by atoms with van der Waals surface area (Å²) in [4.78, 5) is 14.4. The first-order valence-electron chi connectivity index (χ1n) is 3.50. The highest BCUT2D eigenvalue weighted by Gasteiger charge is 2.09. The minimum absolute atomic E-state index is 0.0944. The molecule has 0 aliphatic rings. The summed E-state index contributed by atoms with van der Waals surface area (Å²) < 4.78 is 0. The monoisotopic (exact) mass is 174 g/mol. The summed E-state index contributed by atoms with van der Waals surface area (Å²) >= 11 is 0. The van der Waals surface area contributed by atoms with Crippen LogP contribution >= 0.6 is 0 Å². The maximum absolute atomic E-state index is 10.6. The van der Waals surface area contributed by atoms with Crippen LogP contribution in [0.3, 0.4) is 0 Å². The molecule has 0 amide bonds. The molecular formula is C9H6N2O2. The van der Waals surface area contributed by atoms with Crippen molar-refractivity contribution in [2.45, 2.75) is 0 Å². The first-order chi connectivity index (χ1) is 6.25. The van der Waals surface area contributed by atoms with Gasteiger partial charge in [-0.25, -0.2) is 4.79 Å². The van der Waals surface area contributed by atoms with Gasteiger partial charge in [-0.2, -0.15) is 5.26 Å². The maximum atomic E-state index is 10.6. The van der Waals surface area contributed by atoms with Crippen LogP contribution in [0.5, 0.6) is 0 Å². The predicted molar refractivity (Wildman–Crippen MR) is 45.5 cm³/mol. The highest BCUT2D eigenvalue weighted by molar-refractivity contribution is 6.15. The van der Waals surface area contributed by atoms with Crippen LogP contribution < -0.4 is 0 Å². The molecule has 0 saturated carbocycles. The third-order valence-corrected chi connectivity index (χ3v) is 1.38. The van der Waals surface area contributed by atoms with Crippen molar-refractivity contribution >= 4 is 11.5 Å². The lowest BCUT2D eigenvalue weighted by atomic mass is 10.1. The van der Waals surface area contributed by atoms with E-state index in [0.29, 0.717) is 0 Å². The molecule has 0 spiro atoms. The molecule has 1 aromatic heterocycles. The molecule has 1 rings (SSSR count). The number of pyridine rings is 1. The number of hydrogen-bond donors (Lipinski definition) is 1. The summed E-state index contributed by atoms with van der Waals surface area (Å²) in [7, 11) is 0. The number of rotatable bonds is 2. The Morgan fingerprint density at radius 1 is 1.62 bits per heavy atom. The van der Waals surface area contributed by atoms with E-state index in [4.69, 9.17) is 10.4 Å². The van der Waals surface area contributed by atoms with Crippen molar-refractivity contribution in [3.05, 3.63) is 36.2 Å². The highest BCUT2D eigenvalue weighted by atomic mass is 16.4. The van der Waals surface area contributed by atoms with E-state index in [9.17, 15) is 4.79 Å². The van der Waals surface area contributed by atoms with E-state index in [2.05, 4.69) is 4.98 Å². The molecule has 0 fully saturated rings. The molecule has 0 aliphatic heterocycles. The van der Waals surface area contributed by atoms with Crippen LogP contribution in [-0.4, -0.2) is 16.1 Å². The van der Waals surface area contributed by atoms with Crippen LogP contribution in [0.1, 0.15) is 5.69 Å². The fourth-order valence-electron chi connectivity index (χ4n) is 0.832. The van der Waals surface area contributed by atoms with E-state index in [0.717, 1.165) is 6.08 Å². The van der Waals surface area contributed by atoms with Crippen molar-refractivity contribution < 1.29 is 9.90 Å². The van der Waals surface area contributed by atoms with Crippen LogP contribution in [0.2, 0.25) is 0 Å². The second-order valence-corrected chi connectivity index (χ2v) is 2.21. The van der Waals surface area contributed by atoms with Gasteiger partial charge in [0.05, 0.1) is 17.3 Å². The van der Waals surface area contributed by atoms with Crippen molar-refractivity contribution in [1.82, 2.24) is 4.98 Å². The Morgan fingerprint density at radius 2 is 2.38 bits per heavy atom. The van der Waals surface area contributed by atoms with E-state index in [1.165, 1.54) is 12.3 Å². The zero-order valence-corrected chi connectivity index (χ0v) is 6.64. The average Bonchev–Trinajstić information content (AvgIpc) is 2.15. The molecule has 0 saturated heterocycles. The molecule has 4 nitrogen and oxygen atoms in total. The Bertz CT molecular complexity index is 376. The number of aliphatic carboxylic acids is 1. The Hall–Kier alpha value is -2.15. The number of nitrogens with zero attached hydrogens (tertiary/aromatic N) is 2. The van der Waals surface area contributed by atoms with Crippen LogP contribution in [0.4, 0.5) is 0 Å². The number of nitriles is 1. The first kappa shape index (κ1) is 8.94. The highest BCUT2D eigenvalue weighted by Crippen LogP contribution is 2.10. The Kier molecular flexibility index (Phi) is 2.77. The minimum atomic E-state index is -1.15. The third kappa shape index (κ3) is 2.14. The maximum Gasteiger partial charge on any atom is 0.338 e. The fourth-order valence-corrected chi connectivity index (χ4v) is 0.832.